The van der Waals surface area contributed by atoms with Crippen molar-refractivity contribution in [3.63, 3.8) is 0 Å². The van der Waals surface area contributed by atoms with Gasteiger partial charge in [-0.3, -0.25) is 0 Å². The van der Waals surface area contributed by atoms with Gasteiger partial charge in [-0.15, -0.1) is 0 Å². The second-order valence-corrected chi connectivity index (χ2v) is 5.62. The molecule has 122 valence electrons. The summed E-state index contributed by atoms with van der Waals surface area (Å²) in [4.78, 5) is 20.3. The highest BCUT2D eigenvalue weighted by molar-refractivity contribution is 7.98. The van der Waals surface area contributed by atoms with Crippen LogP contribution in [0.2, 0.25) is 0 Å². The van der Waals surface area contributed by atoms with E-state index in [1.165, 1.54) is 11.8 Å². The monoisotopic (exact) mass is 332 g/mol. The zero-order valence-electron chi connectivity index (χ0n) is 13.4. The summed E-state index contributed by atoms with van der Waals surface area (Å²) in [5.74, 6) is 1.17. The largest absolute Gasteiger partial charge is 0.412 e. The lowest BCUT2D eigenvalue weighted by molar-refractivity contribution is 0.200. The molecule has 0 radical (unpaired) electrons. The number of anilines is 2. The van der Waals surface area contributed by atoms with E-state index in [-0.39, 0.29) is 0 Å². The quantitative estimate of drug-likeness (QED) is 0.620. The standard InChI is InChI=1S/C16H20N4O2S/c1-4-8-17-16(21)22-13-7-5-6-12(10-13)19-14-9-11(2)18-15(20-14)23-3/h5-7,9-10H,4,8H2,1-3H3,(H,17,21)(H,18,19,20). The second-order valence-electron chi connectivity index (χ2n) is 4.85. The molecule has 2 N–H and O–H groups in total. The highest BCUT2D eigenvalue weighted by atomic mass is 32.2. The molecule has 0 fully saturated rings. The summed E-state index contributed by atoms with van der Waals surface area (Å²) in [6, 6.07) is 9.04. The fourth-order valence-corrected chi connectivity index (χ4v) is 2.28. The first-order valence-corrected chi connectivity index (χ1v) is 8.55. The first-order chi connectivity index (χ1) is 11.1. The Balaban J connectivity index is 2.08. The van der Waals surface area contributed by atoms with E-state index >= 15 is 0 Å². The molecular weight excluding hydrogens is 312 g/mol. The lowest BCUT2D eigenvalue weighted by Crippen LogP contribution is -2.27. The Bertz CT molecular complexity index is 679. The summed E-state index contributed by atoms with van der Waals surface area (Å²) in [6.45, 7) is 4.50. The van der Waals surface area contributed by atoms with Crippen molar-refractivity contribution in [1.82, 2.24) is 15.3 Å². The molecule has 7 heteroatoms. The van der Waals surface area contributed by atoms with Gasteiger partial charge in [-0.25, -0.2) is 14.8 Å². The van der Waals surface area contributed by atoms with Crippen molar-refractivity contribution in [2.75, 3.05) is 18.1 Å². The van der Waals surface area contributed by atoms with Crippen molar-refractivity contribution in [3.05, 3.63) is 36.0 Å². The van der Waals surface area contributed by atoms with Crippen LogP contribution in [0, 0.1) is 6.92 Å². The molecule has 0 spiro atoms. The van der Waals surface area contributed by atoms with E-state index in [2.05, 4.69) is 20.6 Å². The van der Waals surface area contributed by atoms with E-state index in [9.17, 15) is 4.79 Å². The molecule has 0 saturated carbocycles. The van der Waals surface area contributed by atoms with Crippen molar-refractivity contribution in [3.8, 4) is 5.75 Å². The van der Waals surface area contributed by atoms with Gasteiger partial charge in [0, 0.05) is 30.1 Å². The molecule has 0 atom stereocenters. The maximum absolute atomic E-state index is 11.6. The Hall–Kier alpha value is -2.28. The molecule has 0 bridgehead atoms. The summed E-state index contributed by atoms with van der Waals surface area (Å²) < 4.78 is 5.24. The number of carbonyl (C=O) groups excluding carboxylic acids is 1. The van der Waals surface area contributed by atoms with Crippen molar-refractivity contribution in [2.24, 2.45) is 0 Å². The third-order valence-electron chi connectivity index (χ3n) is 2.85. The molecule has 23 heavy (non-hydrogen) atoms. The Morgan fingerprint density at radius 1 is 1.30 bits per heavy atom. The van der Waals surface area contributed by atoms with Gasteiger partial charge in [0.1, 0.15) is 11.6 Å². The average molecular weight is 332 g/mol. The predicted octanol–water partition coefficient (Wildman–Crippen LogP) is 3.75. The number of aryl methyl sites for hydroxylation is 1. The molecule has 2 rings (SSSR count). The minimum Gasteiger partial charge on any atom is -0.410 e. The van der Waals surface area contributed by atoms with E-state index in [1.54, 1.807) is 12.1 Å². The number of aromatic nitrogens is 2. The van der Waals surface area contributed by atoms with Crippen molar-refractivity contribution in [2.45, 2.75) is 25.4 Å². The number of nitrogens with zero attached hydrogens (tertiary/aromatic N) is 2. The van der Waals surface area contributed by atoms with Crippen LogP contribution in [-0.2, 0) is 0 Å². The molecule has 1 amide bonds. The minimum absolute atomic E-state index is 0.452. The summed E-state index contributed by atoms with van der Waals surface area (Å²) >= 11 is 1.49. The Morgan fingerprint density at radius 3 is 2.87 bits per heavy atom. The van der Waals surface area contributed by atoms with Gasteiger partial charge in [-0.05, 0) is 31.7 Å². The number of nitrogens with one attached hydrogen (secondary N) is 2. The van der Waals surface area contributed by atoms with Gasteiger partial charge in [-0.1, -0.05) is 24.8 Å². The van der Waals surface area contributed by atoms with E-state index in [4.69, 9.17) is 4.74 Å². The van der Waals surface area contributed by atoms with Crippen LogP contribution in [0.3, 0.4) is 0 Å². The number of carbonyl (C=O) groups is 1. The first-order valence-electron chi connectivity index (χ1n) is 7.33. The number of hydrogen-bond acceptors (Lipinski definition) is 6. The minimum atomic E-state index is -0.452. The van der Waals surface area contributed by atoms with E-state index < -0.39 is 6.09 Å². The van der Waals surface area contributed by atoms with Crippen LogP contribution in [0.25, 0.3) is 0 Å². The molecule has 0 unspecified atom stereocenters. The molecule has 6 nitrogen and oxygen atoms in total. The van der Waals surface area contributed by atoms with Crippen LogP contribution in [-0.4, -0.2) is 28.9 Å². The molecule has 0 saturated heterocycles. The summed E-state index contributed by atoms with van der Waals surface area (Å²) in [5, 5.41) is 6.57. The predicted molar refractivity (Wildman–Crippen MR) is 92.6 cm³/mol. The van der Waals surface area contributed by atoms with Crippen LogP contribution in [0.15, 0.2) is 35.5 Å². The fourth-order valence-electron chi connectivity index (χ4n) is 1.85. The molecule has 0 aliphatic carbocycles. The molecule has 0 aliphatic rings. The smallest absolute Gasteiger partial charge is 0.410 e. The number of thioether (sulfide) groups is 1. The summed E-state index contributed by atoms with van der Waals surface area (Å²) in [6.07, 6.45) is 2.34. The highest BCUT2D eigenvalue weighted by Gasteiger charge is 2.06. The van der Waals surface area contributed by atoms with Crippen molar-refractivity contribution >= 4 is 29.4 Å². The normalized spacial score (nSPS) is 10.2. The zero-order chi connectivity index (χ0) is 16.7. The van der Waals surface area contributed by atoms with Gasteiger partial charge in [0.05, 0.1) is 0 Å². The summed E-state index contributed by atoms with van der Waals surface area (Å²) in [5.41, 5.74) is 1.68. The van der Waals surface area contributed by atoms with E-state index in [1.807, 2.05) is 38.3 Å². The van der Waals surface area contributed by atoms with Crippen LogP contribution >= 0.6 is 11.8 Å². The fraction of sp³-hybridized carbons (Fsp3) is 0.312. The SMILES string of the molecule is CCCNC(=O)Oc1cccc(Nc2cc(C)nc(SC)n2)c1. The third-order valence-corrected chi connectivity index (χ3v) is 3.40. The first kappa shape index (κ1) is 17.1. The van der Waals surface area contributed by atoms with Gasteiger partial charge in [0.15, 0.2) is 5.16 Å². The molecule has 0 aliphatic heterocycles. The molecule has 1 aromatic carbocycles. The van der Waals surface area contributed by atoms with Crippen molar-refractivity contribution < 1.29 is 9.53 Å². The second kappa shape index (κ2) is 8.38. The maximum atomic E-state index is 11.6. The summed E-state index contributed by atoms with van der Waals surface area (Å²) in [7, 11) is 0. The van der Waals surface area contributed by atoms with Crippen LogP contribution in [0.4, 0.5) is 16.3 Å². The number of ether oxygens (including phenoxy) is 1. The van der Waals surface area contributed by atoms with Gasteiger partial charge in [0.2, 0.25) is 0 Å². The van der Waals surface area contributed by atoms with Gasteiger partial charge in [-0.2, -0.15) is 0 Å². The Labute approximate surface area is 140 Å². The molecule has 2 aromatic rings. The highest BCUT2D eigenvalue weighted by Crippen LogP contribution is 2.22. The molecular formula is C16H20N4O2S. The van der Waals surface area contributed by atoms with Gasteiger partial charge < -0.3 is 15.4 Å². The number of hydrogen-bond donors (Lipinski definition) is 2. The lowest BCUT2D eigenvalue weighted by atomic mass is 10.3. The average Bonchev–Trinajstić information content (AvgIpc) is 2.52. The van der Waals surface area contributed by atoms with Crippen LogP contribution < -0.4 is 15.4 Å². The number of amides is 1. The Morgan fingerprint density at radius 2 is 2.13 bits per heavy atom. The topological polar surface area (TPSA) is 76.1 Å². The van der Waals surface area contributed by atoms with Crippen molar-refractivity contribution in [1.29, 1.82) is 0 Å². The third kappa shape index (κ3) is 5.45. The molecule has 1 aromatic heterocycles. The van der Waals surface area contributed by atoms with Gasteiger partial charge in [0.25, 0.3) is 0 Å². The molecule has 1 heterocycles. The zero-order valence-corrected chi connectivity index (χ0v) is 14.2. The van der Waals surface area contributed by atoms with Crippen LogP contribution in [0.1, 0.15) is 19.0 Å². The number of rotatable bonds is 6. The van der Waals surface area contributed by atoms with Crippen LogP contribution in [0.5, 0.6) is 5.75 Å². The van der Waals surface area contributed by atoms with E-state index in [0.29, 0.717) is 23.3 Å². The number of benzene rings is 1. The van der Waals surface area contributed by atoms with E-state index in [0.717, 1.165) is 17.8 Å². The Kier molecular flexibility index (Phi) is 6.22. The lowest BCUT2D eigenvalue weighted by Gasteiger charge is -2.10. The maximum Gasteiger partial charge on any atom is 0.412 e. The van der Waals surface area contributed by atoms with Gasteiger partial charge >= 0.3 is 6.09 Å².